The second-order valence-electron chi connectivity index (χ2n) is 9.10. The van der Waals surface area contributed by atoms with Gasteiger partial charge in [-0.05, 0) is 37.3 Å². The molecule has 0 aromatic heterocycles. The second-order valence-corrected chi connectivity index (χ2v) is 9.10. The van der Waals surface area contributed by atoms with E-state index in [1.54, 1.807) is 29.2 Å². The number of anilines is 1. The van der Waals surface area contributed by atoms with Gasteiger partial charge in [0.25, 0.3) is 0 Å². The largest absolute Gasteiger partial charge is 0.469 e. The summed E-state index contributed by atoms with van der Waals surface area (Å²) in [6.07, 6.45) is 3.89. The zero-order valence-corrected chi connectivity index (χ0v) is 18.8. The zero-order valence-electron chi connectivity index (χ0n) is 18.8. The van der Waals surface area contributed by atoms with Crippen LogP contribution in [-0.2, 0) is 34.0 Å². The van der Waals surface area contributed by atoms with E-state index < -0.39 is 40.4 Å². The van der Waals surface area contributed by atoms with Gasteiger partial charge in [-0.1, -0.05) is 24.3 Å². The lowest BCUT2D eigenvalue weighted by molar-refractivity contribution is -0.167. The highest BCUT2D eigenvalue weighted by atomic mass is 16.5. The van der Waals surface area contributed by atoms with Crippen LogP contribution in [0.2, 0.25) is 0 Å². The number of hydrogen-bond donors (Lipinski definition) is 0. The maximum Gasteiger partial charge on any atom is 0.414 e. The van der Waals surface area contributed by atoms with Crippen LogP contribution < -0.4 is 4.90 Å². The first-order valence-corrected chi connectivity index (χ1v) is 11.0. The van der Waals surface area contributed by atoms with Gasteiger partial charge in [-0.25, -0.2) is 4.79 Å². The first-order valence-electron chi connectivity index (χ1n) is 11.0. The predicted octanol–water partition coefficient (Wildman–Crippen LogP) is 1.94. The topological polar surface area (TPSA) is 102 Å². The van der Waals surface area contributed by atoms with Gasteiger partial charge in [0.15, 0.2) is 0 Å². The van der Waals surface area contributed by atoms with E-state index in [0.717, 1.165) is 0 Å². The number of rotatable bonds is 2. The van der Waals surface area contributed by atoms with E-state index in [1.807, 2.05) is 6.08 Å². The molecule has 2 unspecified atom stereocenters. The summed E-state index contributed by atoms with van der Waals surface area (Å²) >= 11 is 0. The van der Waals surface area contributed by atoms with Gasteiger partial charge in [0, 0.05) is 12.6 Å². The van der Waals surface area contributed by atoms with Crippen molar-refractivity contribution in [1.29, 1.82) is 0 Å². The molecule has 9 nitrogen and oxygen atoms in total. The minimum Gasteiger partial charge on any atom is -0.469 e. The van der Waals surface area contributed by atoms with Crippen molar-refractivity contribution in [2.75, 3.05) is 32.8 Å². The standard InChI is InChI=1S/C24H26N2O7/c1-31-19(28)16-14-22-9-8-18(27)25(22)13-12-23(20(29)32-2)15-6-4-5-7-17(15)26(21(30)33-3)24(16,23)11-10-22/h4-9,16H,10-14H2,1-3H3/t16?,22-,23-,24?/m1/s1. The highest BCUT2D eigenvalue weighted by Gasteiger charge is 2.76. The van der Waals surface area contributed by atoms with Gasteiger partial charge in [0.05, 0.1) is 44.0 Å². The van der Waals surface area contributed by atoms with E-state index in [4.69, 9.17) is 14.2 Å². The number of esters is 2. The number of hydrogen-bond acceptors (Lipinski definition) is 7. The van der Waals surface area contributed by atoms with Gasteiger partial charge in [0.2, 0.25) is 5.91 Å². The molecule has 2 saturated heterocycles. The van der Waals surface area contributed by atoms with Crippen LogP contribution >= 0.6 is 0 Å². The van der Waals surface area contributed by atoms with E-state index in [1.165, 1.54) is 32.3 Å². The van der Waals surface area contributed by atoms with Crippen LogP contribution in [0.1, 0.15) is 31.2 Å². The van der Waals surface area contributed by atoms with Crippen molar-refractivity contribution in [2.45, 2.75) is 42.2 Å². The third kappa shape index (κ3) is 2.37. The van der Waals surface area contributed by atoms with Crippen molar-refractivity contribution in [1.82, 2.24) is 4.90 Å². The summed E-state index contributed by atoms with van der Waals surface area (Å²) in [6, 6.07) is 7.11. The lowest BCUT2D eigenvalue weighted by Gasteiger charge is -2.60. The highest BCUT2D eigenvalue weighted by molar-refractivity contribution is 6.03. The van der Waals surface area contributed by atoms with Crippen molar-refractivity contribution in [3.63, 3.8) is 0 Å². The van der Waals surface area contributed by atoms with E-state index in [-0.39, 0.29) is 31.7 Å². The zero-order chi connectivity index (χ0) is 23.6. The van der Waals surface area contributed by atoms with Gasteiger partial charge >= 0.3 is 18.0 Å². The Bertz CT molecular complexity index is 1100. The Kier molecular flexibility index (Phi) is 4.60. The number of para-hydroxylation sites is 1. The molecule has 5 aliphatic rings. The summed E-state index contributed by atoms with van der Waals surface area (Å²) in [4.78, 5) is 56.6. The third-order valence-electron chi connectivity index (χ3n) is 8.24. The fourth-order valence-electron chi connectivity index (χ4n) is 6.97. The number of carbonyl (C=O) groups excluding carboxylic acids is 4. The summed E-state index contributed by atoms with van der Waals surface area (Å²) in [5.41, 5.74) is -2.27. The third-order valence-corrected chi connectivity index (χ3v) is 8.24. The van der Waals surface area contributed by atoms with Gasteiger partial charge in [-0.2, -0.15) is 0 Å². The molecule has 1 saturated carbocycles. The molecule has 2 bridgehead atoms. The number of nitrogens with zero attached hydrogens (tertiary/aromatic N) is 2. The highest BCUT2D eigenvalue weighted by Crippen LogP contribution is 2.65. The van der Waals surface area contributed by atoms with Crippen molar-refractivity contribution in [3.05, 3.63) is 42.0 Å². The molecule has 3 fully saturated rings. The Labute approximate surface area is 191 Å². The van der Waals surface area contributed by atoms with Gasteiger partial charge in [-0.15, -0.1) is 0 Å². The van der Waals surface area contributed by atoms with Crippen LogP contribution in [0.15, 0.2) is 36.4 Å². The minimum atomic E-state index is -1.39. The average molecular weight is 454 g/mol. The molecule has 1 aromatic rings. The van der Waals surface area contributed by atoms with E-state index in [2.05, 4.69) is 0 Å². The number of fused-ring (bicyclic) bond motifs is 4. The molecule has 2 spiro atoms. The molecule has 33 heavy (non-hydrogen) atoms. The monoisotopic (exact) mass is 454 g/mol. The molecule has 4 heterocycles. The van der Waals surface area contributed by atoms with Crippen LogP contribution in [-0.4, -0.2) is 67.8 Å². The number of methoxy groups -OCH3 is 3. The molecule has 0 N–H and O–H groups in total. The molecule has 6 rings (SSSR count). The van der Waals surface area contributed by atoms with Gasteiger partial charge in [0.1, 0.15) is 5.41 Å². The molecule has 1 aliphatic carbocycles. The van der Waals surface area contributed by atoms with Crippen molar-refractivity contribution >= 4 is 29.6 Å². The van der Waals surface area contributed by atoms with Crippen molar-refractivity contribution < 1.29 is 33.4 Å². The Balaban J connectivity index is 1.87. The van der Waals surface area contributed by atoms with Crippen LogP contribution in [0, 0.1) is 5.92 Å². The van der Waals surface area contributed by atoms with Gasteiger partial charge < -0.3 is 19.1 Å². The lowest BCUT2D eigenvalue weighted by atomic mass is 9.51. The van der Waals surface area contributed by atoms with E-state index in [0.29, 0.717) is 17.7 Å². The maximum atomic E-state index is 13.8. The summed E-state index contributed by atoms with van der Waals surface area (Å²) in [6.45, 7) is 0.278. The van der Waals surface area contributed by atoms with E-state index >= 15 is 0 Å². The molecular formula is C24H26N2O7. The first kappa shape index (κ1) is 21.5. The molecule has 174 valence electrons. The molecule has 1 aromatic carbocycles. The number of ether oxygens (including phenoxy) is 3. The molecule has 2 amide bonds. The molecule has 0 radical (unpaired) electrons. The van der Waals surface area contributed by atoms with Crippen molar-refractivity contribution in [2.24, 2.45) is 5.92 Å². The molecular weight excluding hydrogens is 428 g/mol. The Morgan fingerprint density at radius 3 is 2.45 bits per heavy atom. The summed E-state index contributed by atoms with van der Waals surface area (Å²) < 4.78 is 15.8. The Morgan fingerprint density at radius 1 is 1.00 bits per heavy atom. The SMILES string of the molecule is COC(=O)C1C[C@]23C=CC(=O)N2CC[C@]2(C(=O)OC)c4ccccc4N(C(=O)OC)C12CC3. The van der Waals surface area contributed by atoms with Crippen molar-refractivity contribution in [3.8, 4) is 0 Å². The number of amides is 2. The normalized spacial score (nSPS) is 33.5. The molecule has 4 atom stereocenters. The maximum absolute atomic E-state index is 13.8. The minimum absolute atomic E-state index is 0.149. The van der Waals surface area contributed by atoms with Crippen LogP contribution in [0.3, 0.4) is 0 Å². The van der Waals surface area contributed by atoms with Crippen LogP contribution in [0.25, 0.3) is 0 Å². The van der Waals surface area contributed by atoms with Crippen LogP contribution in [0.4, 0.5) is 10.5 Å². The average Bonchev–Trinajstić information content (AvgIpc) is 3.25. The number of carbonyl (C=O) groups is 4. The van der Waals surface area contributed by atoms with Gasteiger partial charge in [-0.3, -0.25) is 19.3 Å². The Hall–Kier alpha value is -3.36. The predicted molar refractivity (Wildman–Crippen MR) is 115 cm³/mol. The summed E-state index contributed by atoms with van der Waals surface area (Å²) in [5, 5.41) is 0. The molecule has 4 aliphatic heterocycles. The first-order chi connectivity index (χ1) is 15.8. The second kappa shape index (κ2) is 7.07. The molecule has 9 heteroatoms. The smallest absolute Gasteiger partial charge is 0.414 e. The lowest BCUT2D eigenvalue weighted by Crippen LogP contribution is -2.74. The summed E-state index contributed by atoms with van der Waals surface area (Å²) in [5.74, 6) is -2.15. The summed E-state index contributed by atoms with van der Waals surface area (Å²) in [7, 11) is 3.87. The quantitative estimate of drug-likeness (QED) is 0.497. The Morgan fingerprint density at radius 2 is 1.76 bits per heavy atom. The van der Waals surface area contributed by atoms with E-state index in [9.17, 15) is 19.2 Å². The van der Waals surface area contributed by atoms with Crippen LogP contribution in [0.5, 0.6) is 0 Å². The number of benzene rings is 1. The fraction of sp³-hybridized carbons (Fsp3) is 0.500. The fourth-order valence-corrected chi connectivity index (χ4v) is 6.97.